The van der Waals surface area contributed by atoms with Crippen LogP contribution in [0.3, 0.4) is 0 Å². The summed E-state index contributed by atoms with van der Waals surface area (Å²) in [5, 5.41) is 10.5. The number of nitrogens with zero attached hydrogens (tertiary/aromatic N) is 2. The summed E-state index contributed by atoms with van der Waals surface area (Å²) in [5.41, 5.74) is 5.88. The molecule has 1 heterocycles. The van der Waals surface area contributed by atoms with E-state index in [-0.39, 0.29) is 30.0 Å². The van der Waals surface area contributed by atoms with Crippen LogP contribution in [0, 0.1) is 5.92 Å². The highest BCUT2D eigenvalue weighted by atomic mass is 16.3. The SMILES string of the molecule is CCC(O)[C@H]1C[C@H](N(C)C(C)C)CC[C@@H]1N1CC[C@H](N)C1=O. The Labute approximate surface area is 134 Å². The molecule has 1 saturated heterocycles. The van der Waals surface area contributed by atoms with E-state index in [2.05, 4.69) is 25.8 Å². The molecule has 1 saturated carbocycles. The molecule has 128 valence electrons. The van der Waals surface area contributed by atoms with Gasteiger partial charge in [-0.25, -0.2) is 0 Å². The minimum absolute atomic E-state index is 0.0777. The van der Waals surface area contributed by atoms with Gasteiger partial charge in [-0.1, -0.05) is 6.92 Å². The Bertz CT molecular complexity index is 388. The predicted molar refractivity (Wildman–Crippen MR) is 88.4 cm³/mol. The van der Waals surface area contributed by atoms with Gasteiger partial charge in [0.2, 0.25) is 5.91 Å². The van der Waals surface area contributed by atoms with E-state index in [4.69, 9.17) is 5.73 Å². The molecule has 0 aromatic rings. The number of likely N-dealkylation sites (tertiary alicyclic amines) is 1. The number of nitrogens with two attached hydrogens (primary N) is 1. The van der Waals surface area contributed by atoms with Crippen molar-refractivity contribution in [2.75, 3.05) is 13.6 Å². The first-order valence-electron chi connectivity index (χ1n) is 8.82. The summed E-state index contributed by atoms with van der Waals surface area (Å²) in [6.07, 6.45) is 4.19. The van der Waals surface area contributed by atoms with Crippen molar-refractivity contribution in [1.29, 1.82) is 0 Å². The maximum Gasteiger partial charge on any atom is 0.239 e. The number of amides is 1. The van der Waals surface area contributed by atoms with Crippen molar-refractivity contribution in [2.24, 2.45) is 11.7 Å². The van der Waals surface area contributed by atoms with Gasteiger partial charge in [0.25, 0.3) is 0 Å². The van der Waals surface area contributed by atoms with Crippen LogP contribution < -0.4 is 5.73 Å². The molecule has 3 N–H and O–H groups in total. The molecule has 2 fully saturated rings. The molecule has 5 heteroatoms. The van der Waals surface area contributed by atoms with E-state index in [9.17, 15) is 9.90 Å². The lowest BCUT2D eigenvalue weighted by atomic mass is 9.76. The van der Waals surface area contributed by atoms with Crippen LogP contribution in [0.25, 0.3) is 0 Å². The van der Waals surface area contributed by atoms with Gasteiger partial charge in [-0.3, -0.25) is 4.79 Å². The lowest BCUT2D eigenvalue weighted by Crippen LogP contribution is -2.53. The van der Waals surface area contributed by atoms with Crippen LogP contribution in [-0.4, -0.2) is 64.7 Å². The Morgan fingerprint density at radius 1 is 1.36 bits per heavy atom. The normalized spacial score (nSPS) is 34.7. The smallest absolute Gasteiger partial charge is 0.239 e. The molecule has 22 heavy (non-hydrogen) atoms. The highest BCUT2D eigenvalue weighted by Crippen LogP contribution is 2.36. The fourth-order valence-electron chi connectivity index (χ4n) is 4.12. The molecule has 1 amide bonds. The summed E-state index contributed by atoms with van der Waals surface area (Å²) in [6, 6.07) is 0.819. The van der Waals surface area contributed by atoms with Crippen LogP contribution in [0.4, 0.5) is 0 Å². The highest BCUT2D eigenvalue weighted by Gasteiger charge is 2.43. The topological polar surface area (TPSA) is 69.8 Å². The van der Waals surface area contributed by atoms with E-state index in [1.807, 2.05) is 11.8 Å². The van der Waals surface area contributed by atoms with Gasteiger partial charge in [-0.2, -0.15) is 0 Å². The average molecular weight is 311 g/mol. The second kappa shape index (κ2) is 7.28. The average Bonchev–Trinajstić information content (AvgIpc) is 2.84. The first-order chi connectivity index (χ1) is 10.4. The third kappa shape index (κ3) is 3.47. The molecule has 0 bridgehead atoms. The Balaban J connectivity index is 2.12. The summed E-state index contributed by atoms with van der Waals surface area (Å²) in [5.74, 6) is 0.244. The number of hydrogen-bond acceptors (Lipinski definition) is 4. The molecular weight excluding hydrogens is 278 g/mol. The molecule has 1 aliphatic heterocycles. The van der Waals surface area contributed by atoms with Crippen LogP contribution in [0.2, 0.25) is 0 Å². The molecule has 2 rings (SSSR count). The van der Waals surface area contributed by atoms with Gasteiger partial charge in [-0.15, -0.1) is 0 Å². The van der Waals surface area contributed by atoms with E-state index in [1.165, 1.54) is 0 Å². The first-order valence-corrected chi connectivity index (χ1v) is 8.82. The van der Waals surface area contributed by atoms with E-state index >= 15 is 0 Å². The van der Waals surface area contributed by atoms with Crippen molar-refractivity contribution >= 4 is 5.91 Å². The second-order valence-corrected chi connectivity index (χ2v) is 7.36. The number of hydrogen-bond donors (Lipinski definition) is 2. The molecule has 0 spiro atoms. The largest absolute Gasteiger partial charge is 0.393 e. The lowest BCUT2D eigenvalue weighted by molar-refractivity contribution is -0.134. The lowest BCUT2D eigenvalue weighted by Gasteiger charge is -2.46. The van der Waals surface area contributed by atoms with Crippen LogP contribution in [-0.2, 0) is 4.79 Å². The Morgan fingerprint density at radius 2 is 2.05 bits per heavy atom. The number of aliphatic hydroxyl groups is 1. The number of carbonyl (C=O) groups excluding carboxylic acids is 1. The van der Waals surface area contributed by atoms with E-state index < -0.39 is 0 Å². The zero-order valence-electron chi connectivity index (χ0n) is 14.5. The number of carbonyl (C=O) groups is 1. The van der Waals surface area contributed by atoms with Gasteiger partial charge < -0.3 is 20.6 Å². The van der Waals surface area contributed by atoms with Crippen LogP contribution >= 0.6 is 0 Å². The summed E-state index contributed by atoms with van der Waals surface area (Å²) in [4.78, 5) is 16.7. The molecule has 2 aliphatic rings. The Morgan fingerprint density at radius 3 is 2.55 bits per heavy atom. The molecule has 5 atom stereocenters. The van der Waals surface area contributed by atoms with Crippen molar-refractivity contribution in [2.45, 2.75) is 83.1 Å². The van der Waals surface area contributed by atoms with E-state index in [0.717, 1.165) is 38.6 Å². The monoisotopic (exact) mass is 311 g/mol. The third-order valence-electron chi connectivity index (χ3n) is 5.82. The maximum atomic E-state index is 12.3. The Hall–Kier alpha value is -0.650. The minimum atomic E-state index is -0.338. The molecule has 5 nitrogen and oxygen atoms in total. The minimum Gasteiger partial charge on any atom is -0.393 e. The van der Waals surface area contributed by atoms with Crippen LogP contribution in [0.1, 0.15) is 52.9 Å². The summed E-state index contributed by atoms with van der Waals surface area (Å²) in [6.45, 7) is 7.19. The van der Waals surface area contributed by atoms with Crippen LogP contribution in [0.15, 0.2) is 0 Å². The van der Waals surface area contributed by atoms with Gasteiger partial charge in [0.1, 0.15) is 0 Å². The van der Waals surface area contributed by atoms with Gasteiger partial charge in [0.15, 0.2) is 0 Å². The molecule has 1 aliphatic carbocycles. The molecule has 1 unspecified atom stereocenters. The number of aliphatic hydroxyl groups excluding tert-OH is 1. The summed E-state index contributed by atoms with van der Waals surface area (Å²) < 4.78 is 0. The molecular formula is C17H33N3O2. The standard InChI is InChI=1S/C17H33N3O2/c1-5-16(21)13-10-12(19(4)11(2)3)6-7-15(13)20-9-8-14(18)17(20)22/h11-16,21H,5-10,18H2,1-4H3/t12-,13+,14+,15+,16?/m1/s1. The fraction of sp³-hybridized carbons (Fsp3) is 0.941. The fourth-order valence-corrected chi connectivity index (χ4v) is 4.12. The first kappa shape index (κ1) is 17.7. The summed E-state index contributed by atoms with van der Waals surface area (Å²) in [7, 11) is 2.17. The Kier molecular flexibility index (Phi) is 5.86. The second-order valence-electron chi connectivity index (χ2n) is 7.36. The van der Waals surface area contributed by atoms with Crippen molar-refractivity contribution in [3.63, 3.8) is 0 Å². The predicted octanol–water partition coefficient (Wildman–Crippen LogP) is 1.19. The van der Waals surface area contributed by atoms with Gasteiger partial charge in [0, 0.05) is 30.6 Å². The molecule has 0 radical (unpaired) electrons. The number of rotatable bonds is 5. The van der Waals surface area contributed by atoms with Crippen molar-refractivity contribution < 1.29 is 9.90 Å². The van der Waals surface area contributed by atoms with Crippen LogP contribution in [0.5, 0.6) is 0 Å². The molecule has 0 aromatic carbocycles. The maximum absolute atomic E-state index is 12.3. The zero-order chi connectivity index (χ0) is 16.4. The van der Waals surface area contributed by atoms with E-state index in [0.29, 0.717) is 12.1 Å². The van der Waals surface area contributed by atoms with Gasteiger partial charge >= 0.3 is 0 Å². The van der Waals surface area contributed by atoms with Crippen molar-refractivity contribution in [3.05, 3.63) is 0 Å². The van der Waals surface area contributed by atoms with E-state index in [1.54, 1.807) is 0 Å². The third-order valence-corrected chi connectivity index (χ3v) is 5.82. The molecule has 0 aromatic heterocycles. The summed E-state index contributed by atoms with van der Waals surface area (Å²) >= 11 is 0. The zero-order valence-corrected chi connectivity index (χ0v) is 14.5. The van der Waals surface area contributed by atoms with Crippen molar-refractivity contribution in [3.8, 4) is 0 Å². The van der Waals surface area contributed by atoms with Gasteiger partial charge in [-0.05, 0) is 53.0 Å². The van der Waals surface area contributed by atoms with Crippen molar-refractivity contribution in [1.82, 2.24) is 9.80 Å². The quantitative estimate of drug-likeness (QED) is 0.800. The highest BCUT2D eigenvalue weighted by molar-refractivity contribution is 5.84. The van der Waals surface area contributed by atoms with Gasteiger partial charge in [0.05, 0.1) is 12.1 Å².